The Kier molecular flexibility index (Phi) is 7.04. The van der Waals surface area contributed by atoms with Crippen LogP contribution >= 0.6 is 0 Å². The van der Waals surface area contributed by atoms with Gasteiger partial charge in [-0.05, 0) is 66.0 Å². The van der Waals surface area contributed by atoms with Crippen LogP contribution in [-0.4, -0.2) is 5.78 Å². The Labute approximate surface area is 164 Å². The van der Waals surface area contributed by atoms with Gasteiger partial charge in [0.1, 0.15) is 0 Å². The number of hydrogen-bond donors (Lipinski definition) is 0. The van der Waals surface area contributed by atoms with E-state index in [0.29, 0.717) is 5.78 Å². The third kappa shape index (κ3) is 5.19. The molecule has 3 rings (SSSR count). The van der Waals surface area contributed by atoms with Gasteiger partial charge in [0.2, 0.25) is 0 Å². The summed E-state index contributed by atoms with van der Waals surface area (Å²) in [6.45, 7) is 4.40. The molecule has 0 saturated carbocycles. The Morgan fingerprint density at radius 2 is 1.44 bits per heavy atom. The summed E-state index contributed by atoms with van der Waals surface area (Å²) in [6, 6.07) is 17.7. The van der Waals surface area contributed by atoms with E-state index in [1.165, 1.54) is 53.5 Å². The number of rotatable bonds is 8. The van der Waals surface area contributed by atoms with E-state index in [2.05, 4.69) is 62.4 Å². The standard InChI is InChI=1S/C26H32O/c1-3-5-6-8-20-9-11-21(12-10-20)22-13-15-23(16-14-22)25-18-17-24(7-4-2)26(27)19-25/h9-16,19,24H,3-8,17-18H2,1-2H3/t24-/m0/s1. The number of ketones is 1. The highest BCUT2D eigenvalue weighted by Gasteiger charge is 2.21. The molecule has 0 radical (unpaired) electrons. The topological polar surface area (TPSA) is 17.1 Å². The van der Waals surface area contributed by atoms with Crippen LogP contribution in [0.2, 0.25) is 0 Å². The summed E-state index contributed by atoms with van der Waals surface area (Å²) >= 11 is 0. The molecule has 0 aromatic heterocycles. The monoisotopic (exact) mass is 360 g/mol. The van der Waals surface area contributed by atoms with E-state index in [0.717, 1.165) is 25.7 Å². The highest BCUT2D eigenvalue weighted by atomic mass is 16.1. The van der Waals surface area contributed by atoms with Crippen LogP contribution in [0.25, 0.3) is 16.7 Å². The molecule has 0 N–H and O–H groups in total. The Morgan fingerprint density at radius 1 is 0.815 bits per heavy atom. The van der Waals surface area contributed by atoms with Crippen molar-refractivity contribution in [3.63, 3.8) is 0 Å². The fourth-order valence-electron chi connectivity index (χ4n) is 4.02. The van der Waals surface area contributed by atoms with E-state index < -0.39 is 0 Å². The summed E-state index contributed by atoms with van der Waals surface area (Å²) in [5.74, 6) is 0.565. The van der Waals surface area contributed by atoms with Gasteiger partial charge in [-0.1, -0.05) is 81.6 Å². The highest BCUT2D eigenvalue weighted by molar-refractivity contribution is 6.00. The van der Waals surface area contributed by atoms with Gasteiger partial charge in [-0.2, -0.15) is 0 Å². The van der Waals surface area contributed by atoms with Crippen molar-refractivity contribution in [2.45, 2.75) is 65.2 Å². The number of unbranched alkanes of at least 4 members (excludes halogenated alkanes) is 2. The van der Waals surface area contributed by atoms with Crippen LogP contribution in [0.1, 0.15) is 69.9 Å². The first-order valence-electron chi connectivity index (χ1n) is 10.7. The van der Waals surface area contributed by atoms with Crippen LogP contribution in [0.5, 0.6) is 0 Å². The molecule has 0 heterocycles. The first-order valence-corrected chi connectivity index (χ1v) is 10.7. The van der Waals surface area contributed by atoms with E-state index >= 15 is 0 Å². The summed E-state index contributed by atoms with van der Waals surface area (Å²) in [6.07, 6.45) is 11.0. The number of allylic oxidation sites excluding steroid dienone is 2. The van der Waals surface area contributed by atoms with Crippen molar-refractivity contribution < 1.29 is 4.79 Å². The van der Waals surface area contributed by atoms with E-state index in [9.17, 15) is 4.79 Å². The maximum atomic E-state index is 12.3. The van der Waals surface area contributed by atoms with Crippen molar-refractivity contribution in [3.8, 4) is 11.1 Å². The number of aryl methyl sites for hydroxylation is 1. The minimum absolute atomic E-state index is 0.244. The van der Waals surface area contributed by atoms with Gasteiger partial charge in [0.05, 0.1) is 0 Å². The molecule has 2 aromatic carbocycles. The molecule has 1 heteroatoms. The predicted octanol–water partition coefficient (Wildman–Crippen LogP) is 7.25. The molecule has 1 nitrogen and oxygen atoms in total. The Hall–Kier alpha value is -2.15. The first kappa shape index (κ1) is 19.6. The molecule has 0 saturated heterocycles. The second kappa shape index (κ2) is 9.69. The van der Waals surface area contributed by atoms with Crippen LogP contribution in [0.3, 0.4) is 0 Å². The van der Waals surface area contributed by atoms with Crippen molar-refractivity contribution >= 4 is 11.4 Å². The Morgan fingerprint density at radius 3 is 2.04 bits per heavy atom. The lowest BCUT2D eigenvalue weighted by atomic mass is 9.83. The van der Waals surface area contributed by atoms with Crippen molar-refractivity contribution in [2.75, 3.05) is 0 Å². The van der Waals surface area contributed by atoms with Crippen LogP contribution in [0.4, 0.5) is 0 Å². The van der Waals surface area contributed by atoms with Crippen molar-refractivity contribution in [1.29, 1.82) is 0 Å². The summed E-state index contributed by atoms with van der Waals surface area (Å²) in [4.78, 5) is 12.3. The van der Waals surface area contributed by atoms with Crippen molar-refractivity contribution in [3.05, 3.63) is 65.7 Å². The smallest absolute Gasteiger partial charge is 0.159 e. The minimum atomic E-state index is 0.244. The Balaban J connectivity index is 1.67. The zero-order valence-electron chi connectivity index (χ0n) is 16.8. The average Bonchev–Trinajstić information content (AvgIpc) is 2.71. The third-order valence-electron chi connectivity index (χ3n) is 5.73. The van der Waals surface area contributed by atoms with Gasteiger partial charge in [-0.3, -0.25) is 4.79 Å². The number of carbonyl (C=O) groups is 1. The van der Waals surface area contributed by atoms with Crippen LogP contribution in [0.15, 0.2) is 54.6 Å². The second-order valence-corrected chi connectivity index (χ2v) is 7.83. The van der Waals surface area contributed by atoms with E-state index in [1.54, 1.807) is 0 Å². The zero-order valence-corrected chi connectivity index (χ0v) is 16.8. The molecule has 1 aliphatic carbocycles. The Bertz CT molecular complexity index is 765. The van der Waals surface area contributed by atoms with E-state index in [-0.39, 0.29) is 5.92 Å². The molecule has 0 unspecified atom stereocenters. The van der Waals surface area contributed by atoms with Gasteiger partial charge < -0.3 is 0 Å². The molecular weight excluding hydrogens is 328 g/mol. The quantitative estimate of drug-likeness (QED) is 0.453. The number of hydrogen-bond acceptors (Lipinski definition) is 1. The molecule has 0 bridgehead atoms. The SMILES string of the molecule is CCCCCc1ccc(-c2ccc(C3=CC(=O)[C@@H](CCC)CC3)cc2)cc1. The lowest BCUT2D eigenvalue weighted by Crippen LogP contribution is -2.16. The fourth-order valence-corrected chi connectivity index (χ4v) is 4.02. The van der Waals surface area contributed by atoms with E-state index in [4.69, 9.17) is 0 Å². The minimum Gasteiger partial charge on any atom is -0.295 e. The number of benzene rings is 2. The summed E-state index contributed by atoms with van der Waals surface area (Å²) in [5, 5.41) is 0. The summed E-state index contributed by atoms with van der Waals surface area (Å²) in [7, 11) is 0. The van der Waals surface area contributed by atoms with Crippen LogP contribution in [0, 0.1) is 5.92 Å². The second-order valence-electron chi connectivity index (χ2n) is 7.83. The largest absolute Gasteiger partial charge is 0.295 e. The normalized spacial score (nSPS) is 17.0. The van der Waals surface area contributed by atoms with Crippen molar-refractivity contribution in [1.82, 2.24) is 0 Å². The zero-order chi connectivity index (χ0) is 19.1. The third-order valence-corrected chi connectivity index (χ3v) is 5.73. The van der Waals surface area contributed by atoms with E-state index in [1.807, 2.05) is 6.08 Å². The summed E-state index contributed by atoms with van der Waals surface area (Å²) in [5.41, 5.74) is 6.32. The molecule has 0 spiro atoms. The lowest BCUT2D eigenvalue weighted by Gasteiger charge is -2.20. The van der Waals surface area contributed by atoms with Crippen LogP contribution in [-0.2, 0) is 11.2 Å². The van der Waals surface area contributed by atoms with Gasteiger partial charge >= 0.3 is 0 Å². The van der Waals surface area contributed by atoms with Gasteiger partial charge in [-0.15, -0.1) is 0 Å². The van der Waals surface area contributed by atoms with Gasteiger partial charge in [0.25, 0.3) is 0 Å². The lowest BCUT2D eigenvalue weighted by molar-refractivity contribution is -0.118. The van der Waals surface area contributed by atoms with Gasteiger partial charge in [0, 0.05) is 5.92 Å². The molecule has 142 valence electrons. The van der Waals surface area contributed by atoms with Crippen molar-refractivity contribution in [2.24, 2.45) is 5.92 Å². The molecule has 27 heavy (non-hydrogen) atoms. The highest BCUT2D eigenvalue weighted by Crippen LogP contribution is 2.31. The molecule has 1 atom stereocenters. The molecule has 0 fully saturated rings. The number of carbonyl (C=O) groups excluding carboxylic acids is 1. The molecule has 0 aliphatic heterocycles. The fraction of sp³-hybridized carbons (Fsp3) is 0.423. The maximum Gasteiger partial charge on any atom is 0.159 e. The van der Waals surface area contributed by atoms with Crippen LogP contribution < -0.4 is 0 Å². The predicted molar refractivity (Wildman–Crippen MR) is 116 cm³/mol. The molecule has 0 amide bonds. The first-order chi connectivity index (χ1) is 13.2. The van der Waals surface area contributed by atoms with Gasteiger partial charge in [0.15, 0.2) is 5.78 Å². The molecule has 1 aliphatic rings. The van der Waals surface area contributed by atoms with Gasteiger partial charge in [-0.25, -0.2) is 0 Å². The molecule has 2 aromatic rings. The average molecular weight is 361 g/mol. The molecular formula is C26H32O. The summed E-state index contributed by atoms with van der Waals surface area (Å²) < 4.78 is 0. The maximum absolute atomic E-state index is 12.3.